The number of sulfonamides is 1. The van der Waals surface area contributed by atoms with Gasteiger partial charge in [-0.25, -0.2) is 8.42 Å². The molecule has 160 valence electrons. The Kier molecular flexibility index (Phi) is 6.85. The van der Waals surface area contributed by atoms with Gasteiger partial charge in [-0.1, -0.05) is 19.0 Å². The van der Waals surface area contributed by atoms with Crippen LogP contribution in [0, 0.1) is 25.2 Å². The second-order valence-corrected chi connectivity index (χ2v) is 10.3. The van der Waals surface area contributed by atoms with Crippen LogP contribution in [0.5, 0.6) is 0 Å². The molecule has 2 aliphatic rings. The van der Waals surface area contributed by atoms with Gasteiger partial charge < -0.3 is 15.2 Å². The Hall–Kier alpha value is -1.16. The van der Waals surface area contributed by atoms with Crippen molar-refractivity contribution in [2.24, 2.45) is 17.1 Å². The highest BCUT2D eigenvalue weighted by Crippen LogP contribution is 2.32. The molecule has 1 atom stereocenters. The first-order valence-electron chi connectivity index (χ1n) is 9.51. The molecule has 3 rings (SSSR count). The molecule has 28 heavy (non-hydrogen) atoms. The van der Waals surface area contributed by atoms with Gasteiger partial charge in [0.25, 0.3) is 0 Å². The van der Waals surface area contributed by atoms with Gasteiger partial charge in [-0.2, -0.15) is 4.31 Å². The van der Waals surface area contributed by atoms with E-state index in [1.807, 2.05) is 4.90 Å². The molecule has 10 heteroatoms. The van der Waals surface area contributed by atoms with Crippen LogP contribution in [0.2, 0.25) is 0 Å². The number of piperidine rings is 2. The van der Waals surface area contributed by atoms with Crippen molar-refractivity contribution in [3.63, 3.8) is 0 Å². The number of nitrogens with zero attached hydrogens (tertiary/aromatic N) is 3. The molecule has 8 nitrogen and oxygen atoms in total. The maximum Gasteiger partial charge on any atom is 0.248 e. The zero-order chi connectivity index (χ0) is 20.0. The number of aromatic nitrogens is 1. The summed E-state index contributed by atoms with van der Waals surface area (Å²) in [6.45, 7) is 9.42. The first kappa shape index (κ1) is 23.1. The molecule has 3 heterocycles. The molecule has 0 saturated carbocycles. The Balaban J connectivity index is 0.00000280. The molecule has 2 N–H and O–H groups in total. The molecule has 1 aromatic heterocycles. The number of hydrogen-bond acceptors (Lipinski definition) is 6. The largest absolute Gasteiger partial charge is 0.360 e. The normalized spacial score (nSPS) is 24.0. The van der Waals surface area contributed by atoms with Crippen LogP contribution in [0.25, 0.3) is 0 Å². The van der Waals surface area contributed by atoms with Crippen molar-refractivity contribution in [2.75, 3.05) is 26.2 Å². The summed E-state index contributed by atoms with van der Waals surface area (Å²) in [4.78, 5) is 15.0. The summed E-state index contributed by atoms with van der Waals surface area (Å²) in [5.41, 5.74) is 6.44. The minimum atomic E-state index is -3.64. The van der Waals surface area contributed by atoms with Crippen LogP contribution in [0.15, 0.2) is 9.42 Å². The molecule has 2 aliphatic heterocycles. The molecule has 1 aromatic rings. The highest BCUT2D eigenvalue weighted by molar-refractivity contribution is 7.89. The van der Waals surface area contributed by atoms with E-state index >= 15 is 0 Å². The molecule has 0 aliphatic carbocycles. The summed E-state index contributed by atoms with van der Waals surface area (Å²) in [6.07, 6.45) is 1.87. The summed E-state index contributed by atoms with van der Waals surface area (Å²) in [5, 5.41) is 3.75. The lowest BCUT2D eigenvalue weighted by Crippen LogP contribution is -2.55. The second-order valence-electron chi connectivity index (χ2n) is 8.48. The number of carbonyl (C=O) groups excluding carboxylic acids is 1. The number of likely N-dealkylation sites (tertiary alicyclic amines) is 1. The molecule has 1 unspecified atom stereocenters. The highest BCUT2D eigenvalue weighted by Gasteiger charge is 2.40. The molecular weight excluding hydrogens is 404 g/mol. The third-order valence-corrected chi connectivity index (χ3v) is 8.14. The predicted octanol–water partition coefficient (Wildman–Crippen LogP) is 1.70. The van der Waals surface area contributed by atoms with Crippen molar-refractivity contribution in [2.45, 2.75) is 57.9 Å². The molecular formula is C18H31ClN4O4S. The number of carbonyl (C=O) groups is 1. The molecule has 2 saturated heterocycles. The van der Waals surface area contributed by atoms with E-state index in [0.717, 1.165) is 6.42 Å². The van der Waals surface area contributed by atoms with Gasteiger partial charge >= 0.3 is 0 Å². The average Bonchev–Trinajstić information content (AvgIpc) is 2.96. The molecule has 1 amide bonds. The Morgan fingerprint density at radius 3 is 2.29 bits per heavy atom. The minimum absolute atomic E-state index is 0. The van der Waals surface area contributed by atoms with Crippen molar-refractivity contribution in [3.05, 3.63) is 11.5 Å². The van der Waals surface area contributed by atoms with Gasteiger partial charge in [0.1, 0.15) is 10.6 Å². The second kappa shape index (κ2) is 8.30. The fourth-order valence-electron chi connectivity index (χ4n) is 4.14. The van der Waals surface area contributed by atoms with E-state index in [1.165, 1.54) is 4.31 Å². The number of hydrogen-bond donors (Lipinski definition) is 1. The van der Waals surface area contributed by atoms with Crippen LogP contribution >= 0.6 is 12.4 Å². The zero-order valence-corrected chi connectivity index (χ0v) is 18.6. The molecule has 0 bridgehead atoms. The van der Waals surface area contributed by atoms with E-state index in [-0.39, 0.29) is 40.6 Å². The SMILES string of the molecule is Cc1noc(C)c1S(=O)(=O)N1CCC(C(=O)N2CCC(N)C(C)(C)C2)CC1.Cl. The predicted molar refractivity (Wildman–Crippen MR) is 108 cm³/mol. The lowest BCUT2D eigenvalue weighted by molar-refractivity contribution is -0.140. The first-order chi connectivity index (χ1) is 12.5. The van der Waals surface area contributed by atoms with E-state index < -0.39 is 10.0 Å². The van der Waals surface area contributed by atoms with Gasteiger partial charge in [0.15, 0.2) is 5.76 Å². The maximum absolute atomic E-state index is 12.9. The smallest absolute Gasteiger partial charge is 0.248 e. The Morgan fingerprint density at radius 2 is 1.79 bits per heavy atom. The van der Waals surface area contributed by atoms with Gasteiger partial charge in [-0.05, 0) is 38.5 Å². The minimum Gasteiger partial charge on any atom is -0.360 e. The average molecular weight is 435 g/mol. The van der Waals surface area contributed by atoms with Crippen LogP contribution in [-0.2, 0) is 14.8 Å². The lowest BCUT2D eigenvalue weighted by Gasteiger charge is -2.44. The van der Waals surface area contributed by atoms with Crippen molar-refractivity contribution < 1.29 is 17.7 Å². The van der Waals surface area contributed by atoms with E-state index in [1.54, 1.807) is 13.8 Å². The standard InChI is InChI=1S/C18H30N4O4S.ClH/c1-12-16(13(2)26-20-12)27(24,25)22-9-5-14(6-10-22)17(23)21-8-7-15(19)18(3,4)11-21;/h14-15H,5-11,19H2,1-4H3;1H. The summed E-state index contributed by atoms with van der Waals surface area (Å²) in [6, 6.07) is 0.101. The monoisotopic (exact) mass is 434 g/mol. The number of rotatable bonds is 3. The third-order valence-electron chi connectivity index (χ3n) is 5.99. The summed E-state index contributed by atoms with van der Waals surface area (Å²) >= 11 is 0. The zero-order valence-electron chi connectivity index (χ0n) is 17.0. The van der Waals surface area contributed by atoms with Gasteiger partial charge in [-0.15, -0.1) is 12.4 Å². The van der Waals surface area contributed by atoms with Crippen LogP contribution in [-0.4, -0.2) is 60.9 Å². The Morgan fingerprint density at radius 1 is 1.18 bits per heavy atom. The fraction of sp³-hybridized carbons (Fsp3) is 0.778. The van der Waals surface area contributed by atoms with Gasteiger partial charge in [-0.3, -0.25) is 4.79 Å². The van der Waals surface area contributed by atoms with E-state index in [0.29, 0.717) is 50.5 Å². The maximum atomic E-state index is 12.9. The third kappa shape index (κ3) is 4.22. The quantitative estimate of drug-likeness (QED) is 0.775. The number of aryl methyl sites for hydroxylation is 2. The fourth-order valence-corrected chi connectivity index (χ4v) is 5.90. The Bertz CT molecular complexity index is 796. The summed E-state index contributed by atoms with van der Waals surface area (Å²) in [5.74, 6) is 0.299. The van der Waals surface area contributed by atoms with Crippen LogP contribution in [0.1, 0.15) is 44.6 Å². The molecule has 2 fully saturated rings. The molecule has 0 spiro atoms. The molecule has 0 radical (unpaired) electrons. The van der Waals surface area contributed by atoms with Gasteiger partial charge in [0.05, 0.1) is 0 Å². The lowest BCUT2D eigenvalue weighted by atomic mass is 9.79. The van der Waals surface area contributed by atoms with Crippen molar-refractivity contribution in [1.29, 1.82) is 0 Å². The van der Waals surface area contributed by atoms with Crippen LogP contribution in [0.4, 0.5) is 0 Å². The number of amides is 1. The van der Waals surface area contributed by atoms with Gasteiger partial charge in [0, 0.05) is 38.1 Å². The summed E-state index contributed by atoms with van der Waals surface area (Å²) < 4.78 is 32.3. The van der Waals surface area contributed by atoms with Crippen LogP contribution in [0.3, 0.4) is 0 Å². The highest BCUT2D eigenvalue weighted by atomic mass is 35.5. The number of nitrogens with two attached hydrogens (primary N) is 1. The summed E-state index contributed by atoms with van der Waals surface area (Å²) in [7, 11) is -3.64. The topological polar surface area (TPSA) is 110 Å². The van der Waals surface area contributed by atoms with Crippen molar-refractivity contribution in [1.82, 2.24) is 14.4 Å². The first-order valence-corrected chi connectivity index (χ1v) is 11.0. The van der Waals surface area contributed by atoms with E-state index in [9.17, 15) is 13.2 Å². The van der Waals surface area contributed by atoms with E-state index in [4.69, 9.17) is 10.3 Å². The Labute approximate surface area is 173 Å². The number of halogens is 1. The van der Waals surface area contributed by atoms with Crippen molar-refractivity contribution >= 4 is 28.3 Å². The van der Waals surface area contributed by atoms with Crippen LogP contribution < -0.4 is 5.73 Å². The van der Waals surface area contributed by atoms with E-state index in [2.05, 4.69) is 19.0 Å². The van der Waals surface area contributed by atoms with Gasteiger partial charge in [0.2, 0.25) is 15.9 Å². The van der Waals surface area contributed by atoms with Crippen molar-refractivity contribution in [3.8, 4) is 0 Å². The molecule has 0 aromatic carbocycles.